The van der Waals surface area contributed by atoms with Gasteiger partial charge in [-0.2, -0.15) is 0 Å². The number of ether oxygens (including phenoxy) is 2. The summed E-state index contributed by atoms with van der Waals surface area (Å²) in [6.45, 7) is 4.62. The summed E-state index contributed by atoms with van der Waals surface area (Å²) in [6.07, 6.45) is 0.419. The summed E-state index contributed by atoms with van der Waals surface area (Å²) >= 11 is 0. The molecule has 10 heteroatoms. The van der Waals surface area contributed by atoms with Gasteiger partial charge in [0.15, 0.2) is 0 Å². The van der Waals surface area contributed by atoms with Crippen LogP contribution in [0, 0.1) is 17.0 Å². The molecule has 2 rings (SSSR count). The molecule has 0 fully saturated rings. The van der Waals surface area contributed by atoms with Gasteiger partial charge in [0.1, 0.15) is 12.2 Å². The van der Waals surface area contributed by atoms with E-state index in [0.717, 1.165) is 0 Å². The first-order valence-electron chi connectivity index (χ1n) is 8.68. The maximum atomic E-state index is 12.4. The number of nitro benzene ring substituents is 1. The molecule has 1 heterocycles. The summed E-state index contributed by atoms with van der Waals surface area (Å²) < 4.78 is 10.2. The quantitative estimate of drug-likeness (QED) is 0.412. The molecule has 0 unspecified atom stereocenters. The molecule has 0 aliphatic carbocycles. The van der Waals surface area contributed by atoms with Gasteiger partial charge in [-0.15, -0.1) is 0 Å². The maximum absolute atomic E-state index is 12.4. The van der Waals surface area contributed by atoms with Crippen LogP contribution >= 0.6 is 0 Å². The zero-order valence-electron chi connectivity index (χ0n) is 15.7. The third-order valence-corrected chi connectivity index (χ3v) is 4.13. The molecule has 0 spiro atoms. The van der Waals surface area contributed by atoms with E-state index in [1.165, 1.54) is 25.1 Å². The van der Waals surface area contributed by atoms with E-state index in [1.54, 1.807) is 13.8 Å². The number of urea groups is 1. The predicted molar refractivity (Wildman–Crippen MR) is 97.5 cm³/mol. The minimum Gasteiger partial charge on any atom is -0.463 e. The average molecular weight is 391 g/mol. The van der Waals surface area contributed by atoms with Gasteiger partial charge in [0, 0.05) is 5.56 Å². The number of esters is 2. The molecular weight excluding hydrogens is 370 g/mol. The highest BCUT2D eigenvalue weighted by Crippen LogP contribution is 2.24. The Balaban J connectivity index is 2.31. The maximum Gasteiger partial charge on any atom is 0.345 e. The summed E-state index contributed by atoms with van der Waals surface area (Å²) in [5.41, 5.74) is -0.0243. The Hall–Kier alpha value is -3.43. The van der Waals surface area contributed by atoms with Crippen LogP contribution in [0.3, 0.4) is 0 Å². The lowest BCUT2D eigenvalue weighted by Crippen LogP contribution is -2.51. The Bertz CT molecular complexity index is 848. The van der Waals surface area contributed by atoms with Crippen molar-refractivity contribution in [2.24, 2.45) is 0 Å². The number of amides is 2. The fourth-order valence-electron chi connectivity index (χ4n) is 2.86. The molecule has 2 amide bonds. The van der Waals surface area contributed by atoms with Crippen molar-refractivity contribution >= 4 is 23.7 Å². The molecule has 2 N–H and O–H groups in total. The van der Waals surface area contributed by atoms with Crippen molar-refractivity contribution < 1.29 is 28.8 Å². The molecule has 0 radical (unpaired) electrons. The number of nitrogens with zero attached hydrogens (tertiary/aromatic N) is 1. The number of nitro groups is 1. The predicted octanol–water partition coefficient (Wildman–Crippen LogP) is 1.97. The highest BCUT2D eigenvalue weighted by atomic mass is 16.6. The Kier molecular flexibility index (Phi) is 6.69. The molecule has 1 aromatic carbocycles. The van der Waals surface area contributed by atoms with Gasteiger partial charge in [0.2, 0.25) is 0 Å². The van der Waals surface area contributed by atoms with Crippen molar-refractivity contribution in [1.82, 2.24) is 10.6 Å². The normalized spacial score (nSPS) is 16.1. The van der Waals surface area contributed by atoms with Gasteiger partial charge in [-0.1, -0.05) is 19.1 Å². The monoisotopic (exact) mass is 391 g/mol. The molecule has 150 valence electrons. The number of carbonyl (C=O) groups is 3. The number of carbonyl (C=O) groups excluding carboxylic acids is 3. The zero-order chi connectivity index (χ0) is 20.8. The van der Waals surface area contributed by atoms with E-state index < -0.39 is 35.5 Å². The summed E-state index contributed by atoms with van der Waals surface area (Å²) in [5, 5.41) is 16.3. The van der Waals surface area contributed by atoms with Crippen LogP contribution in [0.2, 0.25) is 0 Å². The number of benzene rings is 1. The largest absolute Gasteiger partial charge is 0.463 e. The van der Waals surface area contributed by atoms with Gasteiger partial charge in [0.25, 0.3) is 5.69 Å². The fraction of sp³-hybridized carbons (Fsp3) is 0.389. The van der Waals surface area contributed by atoms with Crippen LogP contribution in [0.15, 0.2) is 29.5 Å². The fourth-order valence-corrected chi connectivity index (χ4v) is 2.86. The standard InChI is InChI=1S/C18H21N3O7/c1-4-12-14(17(23)27-5-2)13(20-18(24)19-12)9-28-16(22)11-8-6-7-10(3)15(11)21(25)26/h6-8,12H,4-5,9H2,1-3H3,(H2,19,20,24)/t12-/m0/s1. The molecule has 1 aromatic rings. The van der Waals surface area contributed by atoms with E-state index >= 15 is 0 Å². The van der Waals surface area contributed by atoms with Crippen molar-refractivity contribution in [2.45, 2.75) is 33.2 Å². The van der Waals surface area contributed by atoms with Gasteiger partial charge in [0.05, 0.1) is 28.8 Å². The molecule has 1 atom stereocenters. The van der Waals surface area contributed by atoms with Crippen molar-refractivity contribution in [2.75, 3.05) is 13.2 Å². The van der Waals surface area contributed by atoms with E-state index in [9.17, 15) is 24.5 Å². The number of nitrogens with one attached hydrogen (secondary N) is 2. The van der Waals surface area contributed by atoms with E-state index in [2.05, 4.69) is 10.6 Å². The molecule has 10 nitrogen and oxygen atoms in total. The third kappa shape index (κ3) is 4.45. The average Bonchev–Trinajstić information content (AvgIpc) is 2.64. The number of para-hydroxylation sites is 1. The lowest BCUT2D eigenvalue weighted by molar-refractivity contribution is -0.385. The summed E-state index contributed by atoms with van der Waals surface area (Å²) in [4.78, 5) is 47.1. The second-order valence-corrected chi connectivity index (χ2v) is 5.98. The van der Waals surface area contributed by atoms with Crippen LogP contribution in [0.1, 0.15) is 36.2 Å². The number of hydrogen-bond acceptors (Lipinski definition) is 7. The van der Waals surface area contributed by atoms with Crippen molar-refractivity contribution in [3.8, 4) is 0 Å². The topological polar surface area (TPSA) is 137 Å². The second-order valence-electron chi connectivity index (χ2n) is 5.98. The highest BCUT2D eigenvalue weighted by molar-refractivity contribution is 5.96. The lowest BCUT2D eigenvalue weighted by Gasteiger charge is -2.28. The molecule has 0 bridgehead atoms. The van der Waals surface area contributed by atoms with E-state index in [1.807, 2.05) is 0 Å². The number of hydrogen-bond donors (Lipinski definition) is 2. The number of aryl methyl sites for hydroxylation is 1. The Labute approximate surface area is 161 Å². The third-order valence-electron chi connectivity index (χ3n) is 4.13. The second kappa shape index (κ2) is 8.98. The van der Waals surface area contributed by atoms with Crippen LogP contribution in [0.4, 0.5) is 10.5 Å². The van der Waals surface area contributed by atoms with Gasteiger partial charge in [-0.05, 0) is 26.3 Å². The molecule has 1 aliphatic heterocycles. The summed E-state index contributed by atoms with van der Waals surface area (Å²) in [5.74, 6) is -1.58. The molecule has 28 heavy (non-hydrogen) atoms. The van der Waals surface area contributed by atoms with E-state index in [4.69, 9.17) is 9.47 Å². The smallest absolute Gasteiger partial charge is 0.345 e. The van der Waals surface area contributed by atoms with Crippen LogP contribution in [0.5, 0.6) is 0 Å². The minimum atomic E-state index is -0.938. The first-order valence-corrected chi connectivity index (χ1v) is 8.68. The molecule has 0 aromatic heterocycles. The zero-order valence-corrected chi connectivity index (χ0v) is 15.7. The highest BCUT2D eigenvalue weighted by Gasteiger charge is 2.32. The first kappa shape index (κ1) is 20.9. The number of rotatable bonds is 7. The minimum absolute atomic E-state index is 0.0812. The van der Waals surface area contributed by atoms with E-state index in [0.29, 0.717) is 12.0 Å². The van der Waals surface area contributed by atoms with Crippen LogP contribution in [0.25, 0.3) is 0 Å². The van der Waals surface area contributed by atoms with E-state index in [-0.39, 0.29) is 29.1 Å². The molecule has 1 aliphatic rings. The van der Waals surface area contributed by atoms with Crippen molar-refractivity contribution in [3.63, 3.8) is 0 Å². The SMILES string of the molecule is CCOC(=O)C1=C(COC(=O)c2cccc(C)c2[N+](=O)[O-])NC(=O)N[C@H]1CC. The van der Waals surface area contributed by atoms with Gasteiger partial charge in [-0.3, -0.25) is 10.1 Å². The van der Waals surface area contributed by atoms with Crippen LogP contribution in [-0.4, -0.2) is 42.1 Å². The van der Waals surface area contributed by atoms with Gasteiger partial charge < -0.3 is 20.1 Å². The van der Waals surface area contributed by atoms with Crippen molar-refractivity contribution in [1.29, 1.82) is 0 Å². The van der Waals surface area contributed by atoms with Crippen molar-refractivity contribution in [3.05, 3.63) is 50.7 Å². The molecule has 0 saturated carbocycles. The Morgan fingerprint density at radius 2 is 1.93 bits per heavy atom. The molecule has 0 saturated heterocycles. The van der Waals surface area contributed by atoms with Crippen LogP contribution < -0.4 is 10.6 Å². The Morgan fingerprint density at radius 3 is 2.54 bits per heavy atom. The van der Waals surface area contributed by atoms with Gasteiger partial charge >= 0.3 is 18.0 Å². The summed E-state index contributed by atoms with van der Waals surface area (Å²) in [7, 11) is 0. The molecular formula is C18H21N3O7. The Morgan fingerprint density at radius 1 is 1.21 bits per heavy atom. The van der Waals surface area contributed by atoms with Gasteiger partial charge in [-0.25, -0.2) is 14.4 Å². The first-order chi connectivity index (χ1) is 13.3. The lowest BCUT2D eigenvalue weighted by atomic mass is 10.0. The summed E-state index contributed by atoms with van der Waals surface area (Å²) in [6, 6.07) is 3.14. The van der Waals surface area contributed by atoms with Crippen LogP contribution in [-0.2, 0) is 14.3 Å².